The quantitative estimate of drug-likeness (QED) is 0.643. The number of hydrazine groups is 1. The minimum absolute atomic E-state index is 0.00381. The van der Waals surface area contributed by atoms with Gasteiger partial charge >= 0.3 is 0 Å². The first kappa shape index (κ1) is 21.7. The molecule has 3 atom stereocenters. The molecule has 0 radical (unpaired) electrons. The van der Waals surface area contributed by atoms with E-state index in [1.165, 1.54) is 6.07 Å². The van der Waals surface area contributed by atoms with Crippen molar-refractivity contribution in [1.29, 1.82) is 0 Å². The zero-order valence-electron chi connectivity index (χ0n) is 17.8. The summed E-state index contributed by atoms with van der Waals surface area (Å²) in [5.74, 6) is -0.893. The summed E-state index contributed by atoms with van der Waals surface area (Å²) in [6.45, 7) is 4.43. The summed E-state index contributed by atoms with van der Waals surface area (Å²) in [4.78, 5) is 40.3. The van der Waals surface area contributed by atoms with Crippen molar-refractivity contribution in [1.82, 2.24) is 26.0 Å². The topological polar surface area (TPSA) is 93.8 Å². The Bertz CT molecular complexity index is 856. The van der Waals surface area contributed by atoms with Crippen LogP contribution in [0.3, 0.4) is 0 Å². The average Bonchev–Trinajstić information content (AvgIpc) is 2.81. The Balaban J connectivity index is 1.44. The molecule has 0 bridgehead atoms. The summed E-state index contributed by atoms with van der Waals surface area (Å²) in [6.07, 6.45) is 2.82. The van der Waals surface area contributed by atoms with E-state index in [1.54, 1.807) is 21.9 Å². The number of piperazine rings is 1. The van der Waals surface area contributed by atoms with E-state index in [2.05, 4.69) is 16.2 Å². The van der Waals surface area contributed by atoms with Crippen molar-refractivity contribution in [3.05, 3.63) is 35.1 Å². The molecule has 0 aromatic heterocycles. The van der Waals surface area contributed by atoms with Crippen molar-refractivity contribution < 1.29 is 18.8 Å². The van der Waals surface area contributed by atoms with Gasteiger partial charge in [0.2, 0.25) is 11.8 Å². The van der Waals surface area contributed by atoms with Crippen LogP contribution >= 0.6 is 0 Å². The van der Waals surface area contributed by atoms with Gasteiger partial charge in [0.15, 0.2) is 0 Å². The van der Waals surface area contributed by atoms with Crippen LogP contribution in [-0.4, -0.2) is 72.3 Å². The summed E-state index contributed by atoms with van der Waals surface area (Å²) < 4.78 is 14.5. The molecule has 3 N–H and O–H groups in total. The van der Waals surface area contributed by atoms with Crippen LogP contribution in [0.4, 0.5) is 4.39 Å². The molecule has 3 unspecified atom stereocenters. The zero-order valence-corrected chi connectivity index (χ0v) is 17.8. The van der Waals surface area contributed by atoms with Gasteiger partial charge in [-0.05, 0) is 43.5 Å². The van der Waals surface area contributed by atoms with Gasteiger partial charge in [0, 0.05) is 44.7 Å². The van der Waals surface area contributed by atoms with E-state index >= 15 is 0 Å². The highest BCUT2D eigenvalue weighted by atomic mass is 19.1. The van der Waals surface area contributed by atoms with E-state index in [-0.39, 0.29) is 41.3 Å². The number of hydrogen-bond acceptors (Lipinski definition) is 5. The molecule has 168 valence electrons. The number of fused-ring (bicyclic) bond motifs is 1. The van der Waals surface area contributed by atoms with Gasteiger partial charge in [0.05, 0.1) is 11.5 Å². The van der Waals surface area contributed by atoms with Crippen molar-refractivity contribution in [3.8, 4) is 0 Å². The Morgan fingerprint density at radius 1 is 1.16 bits per heavy atom. The van der Waals surface area contributed by atoms with Crippen molar-refractivity contribution >= 4 is 17.7 Å². The number of carbonyl (C=O) groups is 3. The lowest BCUT2D eigenvalue weighted by Crippen LogP contribution is -2.67. The smallest absolute Gasteiger partial charge is 0.256 e. The third kappa shape index (κ3) is 4.57. The van der Waals surface area contributed by atoms with Crippen LogP contribution < -0.4 is 16.2 Å². The zero-order chi connectivity index (χ0) is 22.0. The minimum Gasteiger partial charge on any atom is -0.339 e. The fourth-order valence-corrected chi connectivity index (χ4v) is 4.82. The summed E-state index contributed by atoms with van der Waals surface area (Å²) in [5.41, 5.74) is 6.73. The molecule has 8 nitrogen and oxygen atoms in total. The molecule has 3 saturated heterocycles. The molecule has 3 heterocycles. The maximum atomic E-state index is 14.5. The van der Waals surface area contributed by atoms with Gasteiger partial charge in [-0.3, -0.25) is 19.8 Å². The molecule has 0 spiro atoms. The van der Waals surface area contributed by atoms with Crippen molar-refractivity contribution in [2.45, 2.75) is 44.7 Å². The van der Waals surface area contributed by atoms with Crippen LogP contribution in [0.15, 0.2) is 18.2 Å². The maximum Gasteiger partial charge on any atom is 0.256 e. The predicted molar refractivity (Wildman–Crippen MR) is 112 cm³/mol. The number of rotatable bonds is 4. The Morgan fingerprint density at radius 2 is 1.90 bits per heavy atom. The Hall–Kier alpha value is -2.52. The summed E-state index contributed by atoms with van der Waals surface area (Å²) in [7, 11) is 0. The van der Waals surface area contributed by atoms with Gasteiger partial charge in [-0.1, -0.05) is 13.0 Å². The first-order valence-electron chi connectivity index (χ1n) is 11.1. The van der Waals surface area contributed by atoms with Crippen LogP contribution in [0.2, 0.25) is 0 Å². The van der Waals surface area contributed by atoms with E-state index in [0.717, 1.165) is 24.9 Å². The standard InChI is InChI=1S/C22H30FN5O3/c1-2-19(29)27-8-10-28(11-9-27)22(31)16-12-14(5-6-17(16)23)13-18-20-15(4-3-7-24-20)21(30)26-25-18/h5-6,12,15,18,20,24-25H,2-4,7-11,13H2,1H3,(H,26,30). The number of nitrogens with one attached hydrogen (secondary N) is 3. The number of benzene rings is 1. The minimum atomic E-state index is -0.542. The average molecular weight is 432 g/mol. The van der Waals surface area contributed by atoms with Gasteiger partial charge in [0.1, 0.15) is 5.82 Å². The van der Waals surface area contributed by atoms with Crippen molar-refractivity contribution in [2.75, 3.05) is 32.7 Å². The number of carbonyl (C=O) groups excluding carboxylic acids is 3. The van der Waals surface area contributed by atoms with Gasteiger partial charge in [-0.2, -0.15) is 0 Å². The van der Waals surface area contributed by atoms with Crippen LogP contribution in [-0.2, 0) is 16.0 Å². The fraction of sp³-hybridized carbons (Fsp3) is 0.591. The molecule has 3 aliphatic rings. The highest BCUT2D eigenvalue weighted by Gasteiger charge is 2.40. The van der Waals surface area contributed by atoms with Crippen LogP contribution in [0.25, 0.3) is 0 Å². The second kappa shape index (κ2) is 9.32. The van der Waals surface area contributed by atoms with E-state index in [1.807, 2.05) is 6.92 Å². The number of nitrogens with zero attached hydrogens (tertiary/aromatic N) is 2. The molecule has 3 fully saturated rings. The lowest BCUT2D eigenvalue weighted by atomic mass is 9.82. The van der Waals surface area contributed by atoms with Gasteiger partial charge in [-0.15, -0.1) is 0 Å². The van der Waals surface area contributed by atoms with Crippen LogP contribution in [0, 0.1) is 11.7 Å². The number of piperidine rings is 1. The Kier molecular flexibility index (Phi) is 6.52. The molecular formula is C22H30FN5O3. The number of halogens is 1. The SMILES string of the molecule is CCC(=O)N1CCN(C(=O)c2cc(CC3NNC(=O)C4CCCNC34)ccc2F)CC1. The normalized spacial score (nSPS) is 26.3. The fourth-order valence-electron chi connectivity index (χ4n) is 4.82. The molecule has 0 aliphatic carbocycles. The molecule has 1 aromatic rings. The summed E-state index contributed by atoms with van der Waals surface area (Å²) >= 11 is 0. The summed E-state index contributed by atoms with van der Waals surface area (Å²) in [6, 6.07) is 4.62. The molecular weight excluding hydrogens is 401 g/mol. The monoisotopic (exact) mass is 431 g/mol. The summed E-state index contributed by atoms with van der Waals surface area (Å²) in [5, 5.41) is 3.44. The number of hydrogen-bond donors (Lipinski definition) is 3. The third-order valence-corrected chi connectivity index (χ3v) is 6.60. The lowest BCUT2D eigenvalue weighted by Gasteiger charge is -2.41. The molecule has 9 heteroatoms. The largest absolute Gasteiger partial charge is 0.339 e. The second-order valence-corrected chi connectivity index (χ2v) is 8.51. The lowest BCUT2D eigenvalue weighted by molar-refractivity contribution is -0.132. The predicted octanol–water partition coefficient (Wildman–Crippen LogP) is 0.434. The Labute approximate surface area is 181 Å². The van der Waals surface area contributed by atoms with Gasteiger partial charge in [-0.25, -0.2) is 9.82 Å². The first-order valence-corrected chi connectivity index (χ1v) is 11.1. The van der Waals surface area contributed by atoms with E-state index in [0.29, 0.717) is 39.0 Å². The van der Waals surface area contributed by atoms with E-state index in [4.69, 9.17) is 0 Å². The van der Waals surface area contributed by atoms with Crippen LogP contribution in [0.1, 0.15) is 42.1 Å². The van der Waals surface area contributed by atoms with Crippen LogP contribution in [0.5, 0.6) is 0 Å². The molecule has 3 amide bonds. The molecule has 31 heavy (non-hydrogen) atoms. The van der Waals surface area contributed by atoms with E-state index in [9.17, 15) is 18.8 Å². The maximum absolute atomic E-state index is 14.5. The van der Waals surface area contributed by atoms with Crippen molar-refractivity contribution in [2.24, 2.45) is 5.92 Å². The number of amides is 3. The molecule has 0 saturated carbocycles. The first-order chi connectivity index (χ1) is 15.0. The highest BCUT2D eigenvalue weighted by molar-refractivity contribution is 5.95. The van der Waals surface area contributed by atoms with E-state index < -0.39 is 5.82 Å². The molecule has 3 aliphatic heterocycles. The second-order valence-electron chi connectivity index (χ2n) is 8.51. The third-order valence-electron chi connectivity index (χ3n) is 6.60. The van der Waals surface area contributed by atoms with Gasteiger partial charge in [0.25, 0.3) is 5.91 Å². The van der Waals surface area contributed by atoms with Gasteiger partial charge < -0.3 is 15.1 Å². The highest BCUT2D eigenvalue weighted by Crippen LogP contribution is 2.24. The Morgan fingerprint density at radius 3 is 2.65 bits per heavy atom. The molecule has 4 rings (SSSR count). The molecule has 1 aromatic carbocycles. The van der Waals surface area contributed by atoms with Crippen molar-refractivity contribution in [3.63, 3.8) is 0 Å².